The molecular weight excluding hydrogens is 320 g/mol. The number of fused-ring (bicyclic) bond motifs is 1. The smallest absolute Gasteiger partial charge is 0.314 e. The predicted octanol–water partition coefficient (Wildman–Crippen LogP) is 3.42. The van der Waals surface area contributed by atoms with Crippen LogP contribution in [0.3, 0.4) is 0 Å². The van der Waals surface area contributed by atoms with Crippen molar-refractivity contribution in [3.8, 4) is 11.5 Å². The highest BCUT2D eigenvalue weighted by Gasteiger charge is 2.19. The molecule has 2 aromatic carbocycles. The van der Waals surface area contributed by atoms with Crippen LogP contribution in [0.15, 0.2) is 36.4 Å². The third-order valence-electron chi connectivity index (χ3n) is 4.00. The summed E-state index contributed by atoms with van der Waals surface area (Å²) in [5.41, 5.74) is 3.06. The number of aryl methyl sites for hydroxylation is 1. The van der Waals surface area contributed by atoms with Crippen molar-refractivity contribution in [2.75, 3.05) is 17.4 Å². The largest absolute Gasteiger partial charge is 0.454 e. The Balaban J connectivity index is 1.73. The van der Waals surface area contributed by atoms with E-state index in [-0.39, 0.29) is 12.7 Å². The molecule has 25 heavy (non-hydrogen) atoms. The van der Waals surface area contributed by atoms with Gasteiger partial charge < -0.3 is 20.1 Å². The van der Waals surface area contributed by atoms with Crippen molar-refractivity contribution in [3.05, 3.63) is 47.5 Å². The van der Waals surface area contributed by atoms with Crippen molar-refractivity contribution in [1.82, 2.24) is 0 Å². The molecule has 6 nitrogen and oxygen atoms in total. The fraction of sp³-hybridized carbons (Fsp3) is 0.263. The molecule has 0 bridgehead atoms. The van der Waals surface area contributed by atoms with Gasteiger partial charge in [-0.3, -0.25) is 9.59 Å². The predicted molar refractivity (Wildman–Crippen MR) is 95.1 cm³/mol. The summed E-state index contributed by atoms with van der Waals surface area (Å²) < 4.78 is 10.5. The lowest BCUT2D eigenvalue weighted by Gasteiger charge is -2.16. The van der Waals surface area contributed by atoms with E-state index in [2.05, 4.69) is 10.6 Å². The number of carbonyl (C=O) groups excluding carboxylic acids is 2. The molecule has 1 heterocycles. The molecule has 1 aliphatic rings. The maximum absolute atomic E-state index is 12.3. The zero-order valence-corrected chi connectivity index (χ0v) is 14.4. The topological polar surface area (TPSA) is 76.7 Å². The minimum atomic E-state index is -0.739. The number of ether oxygens (including phenoxy) is 2. The van der Waals surface area contributed by atoms with Gasteiger partial charge in [0.2, 0.25) is 6.79 Å². The molecule has 130 valence electrons. The first kappa shape index (κ1) is 16.8. The van der Waals surface area contributed by atoms with Gasteiger partial charge in [0.25, 0.3) is 0 Å². The van der Waals surface area contributed by atoms with Crippen LogP contribution in [0, 0.1) is 6.92 Å². The van der Waals surface area contributed by atoms with E-state index in [1.165, 1.54) is 0 Å². The van der Waals surface area contributed by atoms with E-state index in [0.717, 1.165) is 11.1 Å². The third kappa shape index (κ3) is 3.57. The van der Waals surface area contributed by atoms with Gasteiger partial charge >= 0.3 is 11.8 Å². The van der Waals surface area contributed by atoms with Crippen LogP contribution in [0.2, 0.25) is 0 Å². The van der Waals surface area contributed by atoms with Crippen LogP contribution < -0.4 is 20.1 Å². The van der Waals surface area contributed by atoms with Crippen molar-refractivity contribution in [2.45, 2.75) is 26.7 Å². The molecule has 0 fully saturated rings. The number of carbonyl (C=O) groups is 2. The number of anilines is 2. The normalized spacial score (nSPS) is 12.2. The van der Waals surface area contributed by atoms with E-state index in [0.29, 0.717) is 22.9 Å². The second-order valence-electron chi connectivity index (χ2n) is 6.17. The maximum Gasteiger partial charge on any atom is 0.314 e. The number of nitrogens with one attached hydrogen (secondary N) is 2. The summed E-state index contributed by atoms with van der Waals surface area (Å²) in [6.45, 7) is 6.13. The average molecular weight is 340 g/mol. The van der Waals surface area contributed by atoms with Crippen LogP contribution in [-0.2, 0) is 9.59 Å². The fourth-order valence-corrected chi connectivity index (χ4v) is 2.67. The maximum atomic E-state index is 12.3. The Morgan fingerprint density at radius 3 is 2.48 bits per heavy atom. The zero-order chi connectivity index (χ0) is 18.0. The van der Waals surface area contributed by atoms with Crippen molar-refractivity contribution in [1.29, 1.82) is 0 Å². The highest BCUT2D eigenvalue weighted by Crippen LogP contribution is 2.34. The number of hydrogen-bond acceptors (Lipinski definition) is 4. The molecule has 3 rings (SSSR count). The Hall–Kier alpha value is -3.02. The molecule has 0 unspecified atom stereocenters. The number of benzene rings is 2. The molecule has 0 spiro atoms. The fourth-order valence-electron chi connectivity index (χ4n) is 2.67. The van der Waals surface area contributed by atoms with E-state index >= 15 is 0 Å². The summed E-state index contributed by atoms with van der Waals surface area (Å²) in [6.07, 6.45) is 0. The van der Waals surface area contributed by atoms with Gasteiger partial charge in [-0.05, 0) is 36.1 Å². The molecule has 6 heteroatoms. The summed E-state index contributed by atoms with van der Waals surface area (Å²) in [4.78, 5) is 24.5. The van der Waals surface area contributed by atoms with Gasteiger partial charge in [0, 0.05) is 17.4 Å². The van der Waals surface area contributed by atoms with Gasteiger partial charge in [0.1, 0.15) is 0 Å². The lowest BCUT2D eigenvalue weighted by molar-refractivity contribution is -0.133. The van der Waals surface area contributed by atoms with Gasteiger partial charge in [0.15, 0.2) is 11.5 Å². The van der Waals surface area contributed by atoms with Crippen molar-refractivity contribution in [3.63, 3.8) is 0 Å². The van der Waals surface area contributed by atoms with Crippen LogP contribution >= 0.6 is 0 Å². The van der Waals surface area contributed by atoms with Gasteiger partial charge in [0.05, 0.1) is 0 Å². The highest BCUT2D eigenvalue weighted by molar-refractivity contribution is 6.43. The first-order valence-corrected chi connectivity index (χ1v) is 8.07. The Morgan fingerprint density at radius 2 is 1.72 bits per heavy atom. The van der Waals surface area contributed by atoms with Gasteiger partial charge in [-0.25, -0.2) is 0 Å². The lowest BCUT2D eigenvalue weighted by Crippen LogP contribution is -2.29. The first-order valence-electron chi connectivity index (χ1n) is 8.07. The minimum Gasteiger partial charge on any atom is -0.454 e. The van der Waals surface area contributed by atoms with Crippen molar-refractivity contribution in [2.24, 2.45) is 0 Å². The number of rotatable bonds is 3. The molecule has 2 aromatic rings. The van der Waals surface area contributed by atoms with Gasteiger partial charge in [-0.15, -0.1) is 0 Å². The SMILES string of the molecule is Cc1cccc(C(C)C)c1NC(=O)C(=O)Nc1ccc2c(c1)OCO2. The van der Waals surface area contributed by atoms with E-state index in [4.69, 9.17) is 9.47 Å². The number of para-hydroxylation sites is 1. The van der Waals surface area contributed by atoms with Crippen LogP contribution in [0.25, 0.3) is 0 Å². The van der Waals surface area contributed by atoms with Crippen molar-refractivity contribution < 1.29 is 19.1 Å². The summed E-state index contributed by atoms with van der Waals surface area (Å²) >= 11 is 0. The van der Waals surface area contributed by atoms with Gasteiger partial charge in [-0.2, -0.15) is 0 Å². The number of amides is 2. The standard InChI is InChI=1S/C19H20N2O4/c1-11(2)14-6-4-5-12(3)17(14)21-19(23)18(22)20-13-7-8-15-16(9-13)25-10-24-15/h4-9,11H,10H2,1-3H3,(H,20,22)(H,21,23). The molecule has 0 saturated heterocycles. The van der Waals surface area contributed by atoms with Crippen LogP contribution in [0.5, 0.6) is 11.5 Å². The molecule has 2 amide bonds. The third-order valence-corrected chi connectivity index (χ3v) is 4.00. The first-order chi connectivity index (χ1) is 12.0. The van der Waals surface area contributed by atoms with E-state index in [9.17, 15) is 9.59 Å². The monoisotopic (exact) mass is 340 g/mol. The van der Waals surface area contributed by atoms with E-state index in [1.807, 2.05) is 39.0 Å². The van der Waals surface area contributed by atoms with E-state index < -0.39 is 11.8 Å². The Bertz CT molecular complexity index is 830. The molecular formula is C19H20N2O4. The molecule has 2 N–H and O–H groups in total. The second kappa shape index (κ2) is 6.84. The minimum absolute atomic E-state index is 0.151. The molecule has 0 aromatic heterocycles. The highest BCUT2D eigenvalue weighted by atomic mass is 16.7. The molecule has 0 aliphatic carbocycles. The summed E-state index contributed by atoms with van der Waals surface area (Å²) in [7, 11) is 0. The van der Waals surface area contributed by atoms with E-state index in [1.54, 1.807) is 18.2 Å². The zero-order valence-electron chi connectivity index (χ0n) is 14.4. The molecule has 0 saturated carbocycles. The quantitative estimate of drug-likeness (QED) is 0.839. The summed E-state index contributed by atoms with van der Waals surface area (Å²) in [5.74, 6) is -0.0686. The molecule has 1 aliphatic heterocycles. The Morgan fingerprint density at radius 1 is 1.00 bits per heavy atom. The average Bonchev–Trinajstić information content (AvgIpc) is 3.04. The lowest BCUT2D eigenvalue weighted by atomic mass is 9.98. The molecule has 0 atom stereocenters. The van der Waals surface area contributed by atoms with Crippen LogP contribution in [-0.4, -0.2) is 18.6 Å². The van der Waals surface area contributed by atoms with Gasteiger partial charge in [-0.1, -0.05) is 32.0 Å². The second-order valence-corrected chi connectivity index (χ2v) is 6.17. The summed E-state index contributed by atoms with van der Waals surface area (Å²) in [6, 6.07) is 10.8. The van der Waals surface area contributed by atoms with Crippen molar-refractivity contribution >= 4 is 23.2 Å². The molecule has 0 radical (unpaired) electrons. The number of hydrogen-bond donors (Lipinski definition) is 2. The Labute approximate surface area is 146 Å². The summed E-state index contributed by atoms with van der Waals surface area (Å²) in [5, 5.41) is 5.30. The van der Waals surface area contributed by atoms with Crippen LogP contribution in [0.1, 0.15) is 30.9 Å². The Kier molecular flexibility index (Phi) is 4.61. The van der Waals surface area contributed by atoms with Crippen LogP contribution in [0.4, 0.5) is 11.4 Å².